The number of aryl methyl sites for hydroxylation is 2. The molecule has 3 aliphatic rings. The van der Waals surface area contributed by atoms with E-state index in [9.17, 15) is 28.4 Å². The maximum Gasteiger partial charge on any atom is 0.319 e. The molecule has 20 nitrogen and oxygen atoms in total. The number of nitrogens with one attached hydrogen (secondary N) is 4. The molecule has 22 heteroatoms. The lowest BCUT2D eigenvalue weighted by atomic mass is 10.0. The SMILES string of the molecule is C=C(COc1ccc(Cl)cc1NC(=O)NCc1ccc2c(c1)CN(C1CCC(=O)NC1=O)C2=O)C(N)=O.COc1nn(C)cc1Nc1nc(N2CCC(F)C2)nc2c1ncn2C. The Labute approximate surface area is 358 Å². The van der Waals surface area contributed by atoms with E-state index in [1.54, 1.807) is 55.6 Å². The Balaban J connectivity index is 0.000000200. The molecule has 2 unspecified atom stereocenters. The first-order chi connectivity index (χ1) is 29.7. The van der Waals surface area contributed by atoms with E-state index in [0.717, 1.165) is 11.1 Å². The number of alkyl halides is 1. The number of methoxy groups -OCH3 is 1. The number of halogens is 2. The van der Waals surface area contributed by atoms with Gasteiger partial charge in [-0.1, -0.05) is 30.3 Å². The van der Waals surface area contributed by atoms with Crippen LogP contribution in [0.3, 0.4) is 0 Å². The molecule has 3 aliphatic heterocycles. The molecule has 2 atom stereocenters. The lowest BCUT2D eigenvalue weighted by Crippen LogP contribution is -2.52. The molecule has 8 rings (SSSR count). The molecule has 0 spiro atoms. The van der Waals surface area contributed by atoms with Crippen molar-refractivity contribution in [3.8, 4) is 11.6 Å². The molecule has 6 heterocycles. The average Bonchev–Trinajstić information content (AvgIpc) is 4.02. The summed E-state index contributed by atoms with van der Waals surface area (Å²) >= 11 is 6.04. The minimum absolute atomic E-state index is 0.0663. The van der Waals surface area contributed by atoms with Crippen molar-refractivity contribution in [3.63, 3.8) is 0 Å². The zero-order valence-corrected chi connectivity index (χ0v) is 34.7. The molecule has 5 aromatic rings. The minimum atomic E-state index is -0.847. The number of anilines is 4. The fourth-order valence-electron chi connectivity index (χ4n) is 7.00. The molecule has 3 aromatic heterocycles. The summed E-state index contributed by atoms with van der Waals surface area (Å²) in [4.78, 5) is 77.0. The van der Waals surface area contributed by atoms with Crippen LogP contribution in [0.1, 0.15) is 40.7 Å². The molecular weight excluding hydrogens is 829 g/mol. The lowest BCUT2D eigenvalue weighted by Gasteiger charge is -2.29. The number of carbonyl (C=O) groups excluding carboxylic acids is 5. The number of aromatic nitrogens is 6. The van der Waals surface area contributed by atoms with Gasteiger partial charge >= 0.3 is 6.03 Å². The van der Waals surface area contributed by atoms with Crippen LogP contribution in [0.15, 0.2) is 61.1 Å². The number of piperidine rings is 1. The number of urea groups is 1. The molecule has 0 saturated carbocycles. The second kappa shape index (κ2) is 18.1. The van der Waals surface area contributed by atoms with Gasteiger partial charge in [-0.3, -0.25) is 29.2 Å². The summed E-state index contributed by atoms with van der Waals surface area (Å²) in [7, 11) is 5.23. The Morgan fingerprint density at radius 3 is 2.63 bits per heavy atom. The molecule has 62 heavy (non-hydrogen) atoms. The van der Waals surface area contributed by atoms with E-state index in [0.29, 0.717) is 64.6 Å². The first-order valence-electron chi connectivity index (χ1n) is 19.3. The predicted octanol–water partition coefficient (Wildman–Crippen LogP) is 3.24. The number of amides is 6. The van der Waals surface area contributed by atoms with E-state index in [1.165, 1.54) is 17.0 Å². The van der Waals surface area contributed by atoms with Crippen molar-refractivity contribution in [1.29, 1.82) is 0 Å². The highest BCUT2D eigenvalue weighted by molar-refractivity contribution is 6.31. The molecule has 2 saturated heterocycles. The number of imide groups is 1. The highest BCUT2D eigenvalue weighted by Gasteiger charge is 2.39. The monoisotopic (exact) mass is 871 g/mol. The van der Waals surface area contributed by atoms with Gasteiger partial charge in [0, 0.05) is 56.3 Å². The Bertz CT molecular complexity index is 2600. The summed E-state index contributed by atoms with van der Waals surface area (Å²) in [6, 6.07) is 8.54. The number of imidazole rings is 1. The molecule has 2 fully saturated rings. The second-order valence-corrected chi connectivity index (χ2v) is 15.1. The molecule has 6 N–H and O–H groups in total. The van der Waals surface area contributed by atoms with E-state index < -0.39 is 30.1 Å². The summed E-state index contributed by atoms with van der Waals surface area (Å²) in [5.74, 6) is -0.0327. The minimum Gasteiger partial charge on any atom is -0.487 e. The topological polar surface area (TPSA) is 246 Å². The largest absolute Gasteiger partial charge is 0.487 e. The molecule has 0 bridgehead atoms. The van der Waals surface area contributed by atoms with Crippen LogP contribution in [0.2, 0.25) is 5.02 Å². The summed E-state index contributed by atoms with van der Waals surface area (Å²) in [6.07, 6.45) is 3.58. The summed E-state index contributed by atoms with van der Waals surface area (Å²) in [6.45, 7) is 4.66. The van der Waals surface area contributed by atoms with Crippen LogP contribution in [0.4, 0.5) is 32.3 Å². The average molecular weight is 872 g/mol. The van der Waals surface area contributed by atoms with Gasteiger partial charge in [0.2, 0.25) is 23.7 Å². The van der Waals surface area contributed by atoms with Crippen molar-refractivity contribution in [1.82, 2.24) is 44.8 Å². The van der Waals surface area contributed by atoms with Crippen LogP contribution < -0.4 is 41.4 Å². The first kappa shape index (κ1) is 42.8. The lowest BCUT2D eigenvalue weighted by molar-refractivity contribution is -0.137. The number of hydrogen-bond donors (Lipinski definition) is 5. The van der Waals surface area contributed by atoms with Gasteiger partial charge < -0.3 is 45.5 Å². The molecule has 6 amide bonds. The number of benzene rings is 2. The number of rotatable bonds is 12. The Hall–Kier alpha value is -7.29. The van der Waals surface area contributed by atoms with Crippen LogP contribution in [-0.2, 0) is 41.6 Å². The van der Waals surface area contributed by atoms with Crippen molar-refractivity contribution >= 4 is 75.6 Å². The maximum atomic E-state index is 13.6. The van der Waals surface area contributed by atoms with E-state index in [1.807, 2.05) is 16.5 Å². The van der Waals surface area contributed by atoms with E-state index >= 15 is 0 Å². The number of fused-ring (bicyclic) bond motifs is 2. The Kier molecular flexibility index (Phi) is 12.5. The second-order valence-electron chi connectivity index (χ2n) is 14.7. The third kappa shape index (κ3) is 9.51. The summed E-state index contributed by atoms with van der Waals surface area (Å²) < 4.78 is 27.8. The van der Waals surface area contributed by atoms with Gasteiger partial charge in [-0.15, -0.1) is 5.10 Å². The van der Waals surface area contributed by atoms with Crippen LogP contribution in [0.25, 0.3) is 11.2 Å². The number of ether oxygens (including phenoxy) is 2. The first-order valence-corrected chi connectivity index (χ1v) is 19.7. The van der Waals surface area contributed by atoms with Gasteiger partial charge in [0.25, 0.3) is 11.8 Å². The number of carbonyl (C=O) groups is 5. The summed E-state index contributed by atoms with van der Waals surface area (Å²) in [5.41, 5.74) is 9.45. The number of nitrogens with zero attached hydrogens (tertiary/aromatic N) is 8. The highest BCUT2D eigenvalue weighted by atomic mass is 35.5. The van der Waals surface area contributed by atoms with Crippen molar-refractivity contribution < 1.29 is 37.8 Å². The Morgan fingerprint density at radius 2 is 1.90 bits per heavy atom. The van der Waals surface area contributed by atoms with Crippen molar-refractivity contribution in [2.24, 2.45) is 19.8 Å². The van der Waals surface area contributed by atoms with Gasteiger partial charge in [0.1, 0.15) is 30.3 Å². The zero-order valence-electron chi connectivity index (χ0n) is 33.9. The highest BCUT2D eigenvalue weighted by Crippen LogP contribution is 2.32. The van der Waals surface area contributed by atoms with Gasteiger partial charge in [0.05, 0.1) is 31.9 Å². The normalized spacial score (nSPS) is 17.0. The maximum absolute atomic E-state index is 13.6. The van der Waals surface area contributed by atoms with Crippen LogP contribution in [0, 0.1) is 0 Å². The molecule has 2 aromatic carbocycles. The smallest absolute Gasteiger partial charge is 0.319 e. The molecule has 324 valence electrons. The van der Waals surface area contributed by atoms with Crippen molar-refractivity contribution in [2.45, 2.75) is 44.6 Å². The fraction of sp³-hybridized carbons (Fsp3) is 0.325. The van der Waals surface area contributed by atoms with Crippen LogP contribution >= 0.6 is 11.6 Å². The van der Waals surface area contributed by atoms with Crippen molar-refractivity contribution in [2.75, 3.05) is 42.3 Å². The fourth-order valence-corrected chi connectivity index (χ4v) is 7.18. The molecular formula is C40H43ClFN13O7. The zero-order chi connectivity index (χ0) is 44.2. The van der Waals surface area contributed by atoms with Crippen LogP contribution in [0.5, 0.6) is 11.6 Å². The van der Waals surface area contributed by atoms with Crippen LogP contribution in [-0.4, -0.2) is 103 Å². The van der Waals surface area contributed by atoms with E-state index in [4.69, 9.17) is 26.8 Å². The number of primary amides is 1. The van der Waals surface area contributed by atoms with Gasteiger partial charge in [-0.2, -0.15) is 9.97 Å². The summed E-state index contributed by atoms with van der Waals surface area (Å²) in [5, 5.41) is 15.5. The van der Waals surface area contributed by atoms with Gasteiger partial charge in [0.15, 0.2) is 17.0 Å². The quantitative estimate of drug-likeness (QED) is 0.0894. The van der Waals surface area contributed by atoms with E-state index in [-0.39, 0.29) is 61.4 Å². The van der Waals surface area contributed by atoms with Gasteiger partial charge in [-0.25, -0.2) is 14.2 Å². The number of hydrogen-bond acceptors (Lipinski definition) is 13. The molecule has 0 radical (unpaired) electrons. The third-order valence-electron chi connectivity index (χ3n) is 10.2. The predicted molar refractivity (Wildman–Crippen MR) is 225 cm³/mol. The number of nitrogens with two attached hydrogens (primary N) is 1. The third-order valence-corrected chi connectivity index (χ3v) is 10.4. The standard InChI is InChI=1S/C25H24ClN5O6.C15H19FN8O/c1-13(22(27)33)12-37-20-6-3-16(26)9-18(20)29-25(36)28-10-14-2-4-17-15(8-14)11-31(24(17)35)19-5-7-21(32)30-23(19)34;1-22-8-17-11-12(18-10-7-23(2)21-14(10)25-3)19-15(20-13(11)22)24-5-4-9(16)6-24/h2-4,6,8-9,19H,1,5,7,10-12H2,(H2,27,33)(H2,28,29,36)(H,30,32,34);7-9H,4-6H2,1-3H3,(H,18,19,20). The molecule has 0 aliphatic carbocycles. The Morgan fingerprint density at radius 1 is 1.10 bits per heavy atom. The van der Waals surface area contributed by atoms with Gasteiger partial charge in [-0.05, 0) is 48.2 Å². The van der Waals surface area contributed by atoms with Crippen molar-refractivity contribution in [3.05, 3.63) is 82.8 Å². The van der Waals surface area contributed by atoms with E-state index in [2.05, 4.69) is 47.9 Å².